The molecule has 2 fully saturated rings. The Labute approximate surface area is 170 Å². The maximum atomic E-state index is 11.6. The van der Waals surface area contributed by atoms with Gasteiger partial charge in [0.1, 0.15) is 0 Å². The molecule has 2 aliphatic heterocycles. The fourth-order valence-electron chi connectivity index (χ4n) is 3.39. The molecule has 0 saturated carbocycles. The summed E-state index contributed by atoms with van der Waals surface area (Å²) in [4.78, 5) is 35.1. The molecule has 10 heteroatoms. The fourth-order valence-corrected chi connectivity index (χ4v) is 3.39. The Hall–Kier alpha value is -1.85. The molecule has 2 N–H and O–H groups in total. The van der Waals surface area contributed by atoms with Gasteiger partial charge in [0.15, 0.2) is 5.96 Å². The van der Waals surface area contributed by atoms with Crippen molar-refractivity contribution < 1.29 is 9.59 Å². The number of carbonyl (C=O) groups is 2. The highest BCUT2D eigenvalue weighted by atomic mass is 127. The van der Waals surface area contributed by atoms with Crippen molar-refractivity contribution in [3.63, 3.8) is 0 Å². The third-order valence-electron chi connectivity index (χ3n) is 4.89. The smallest absolute Gasteiger partial charge is 0.324 e. The quantitative estimate of drug-likeness (QED) is 0.287. The average Bonchev–Trinajstić information content (AvgIpc) is 3.24. The number of nitrogens with zero attached hydrogens (tertiary/aromatic N) is 5. The largest absolute Gasteiger partial charge is 0.354 e. The third-order valence-corrected chi connectivity index (χ3v) is 4.89. The van der Waals surface area contributed by atoms with Crippen LogP contribution in [0.5, 0.6) is 0 Å². The number of nitrogens with one attached hydrogen (secondary N) is 2. The zero-order valence-corrected chi connectivity index (χ0v) is 17.4. The van der Waals surface area contributed by atoms with Crippen molar-refractivity contribution in [2.75, 3.05) is 39.8 Å². The van der Waals surface area contributed by atoms with E-state index < -0.39 is 0 Å². The van der Waals surface area contributed by atoms with E-state index >= 15 is 0 Å². The number of rotatable bonds is 4. The van der Waals surface area contributed by atoms with E-state index in [1.54, 1.807) is 13.2 Å². The summed E-state index contributed by atoms with van der Waals surface area (Å²) in [6, 6.07) is 0.0227. The summed E-state index contributed by atoms with van der Waals surface area (Å²) < 4.78 is 2.15. The average molecular weight is 475 g/mol. The Morgan fingerprint density at radius 1 is 1.46 bits per heavy atom. The van der Waals surface area contributed by atoms with Crippen LogP contribution in [0.1, 0.15) is 19.4 Å². The summed E-state index contributed by atoms with van der Waals surface area (Å²) in [7, 11) is 1.75. The SMILES string of the molecule is CN=C(NCCN1C(=O)CNC1=O)N1CCC(C)C(n2ccnc2)C1.I. The van der Waals surface area contributed by atoms with Crippen LogP contribution in [-0.4, -0.2) is 77.0 Å². The first kappa shape index (κ1) is 20.5. The molecule has 0 spiro atoms. The molecule has 0 radical (unpaired) electrons. The first-order chi connectivity index (χ1) is 12.1. The Morgan fingerprint density at radius 2 is 2.27 bits per heavy atom. The molecular weight excluding hydrogens is 449 g/mol. The lowest BCUT2D eigenvalue weighted by Crippen LogP contribution is -2.50. The van der Waals surface area contributed by atoms with Crippen molar-refractivity contribution in [1.82, 2.24) is 30.0 Å². The first-order valence-electron chi connectivity index (χ1n) is 8.61. The highest BCUT2D eigenvalue weighted by molar-refractivity contribution is 14.0. The normalized spacial score (nSPS) is 23.7. The molecule has 144 valence electrons. The third kappa shape index (κ3) is 4.46. The van der Waals surface area contributed by atoms with E-state index in [1.807, 2.05) is 12.5 Å². The van der Waals surface area contributed by atoms with E-state index in [0.29, 0.717) is 25.0 Å². The lowest BCUT2D eigenvalue weighted by molar-refractivity contribution is -0.124. The van der Waals surface area contributed by atoms with Gasteiger partial charge in [-0.2, -0.15) is 0 Å². The Balaban J connectivity index is 0.00000243. The summed E-state index contributed by atoms with van der Waals surface area (Å²) in [5.41, 5.74) is 0. The number of halogens is 1. The van der Waals surface area contributed by atoms with Gasteiger partial charge in [0, 0.05) is 45.6 Å². The monoisotopic (exact) mass is 475 g/mol. The number of urea groups is 1. The van der Waals surface area contributed by atoms with Crippen LogP contribution < -0.4 is 10.6 Å². The molecule has 2 unspecified atom stereocenters. The molecular formula is C16H26IN7O2. The maximum absolute atomic E-state index is 11.6. The number of hydrogen-bond donors (Lipinski definition) is 2. The molecule has 9 nitrogen and oxygen atoms in total. The van der Waals surface area contributed by atoms with E-state index in [-0.39, 0.29) is 42.5 Å². The molecule has 1 aromatic rings. The lowest BCUT2D eigenvalue weighted by atomic mass is 9.93. The molecule has 2 aliphatic rings. The van der Waals surface area contributed by atoms with Crippen LogP contribution in [-0.2, 0) is 4.79 Å². The van der Waals surface area contributed by atoms with Gasteiger partial charge in [0.05, 0.1) is 18.9 Å². The molecule has 1 aromatic heterocycles. The standard InChI is InChI=1S/C16H25N7O2.HI/c1-12-3-6-21(10-13(12)22-7-4-18-11-22)15(17-2)19-5-8-23-14(24)9-20-16(23)25;/h4,7,11-13H,3,5-6,8-10H2,1-2H3,(H,17,19)(H,20,25);1H. The topological polar surface area (TPSA) is 94.9 Å². The molecule has 2 saturated heterocycles. The number of guanidine groups is 1. The van der Waals surface area contributed by atoms with E-state index in [4.69, 9.17) is 0 Å². The van der Waals surface area contributed by atoms with Gasteiger partial charge >= 0.3 is 6.03 Å². The van der Waals surface area contributed by atoms with Crippen LogP contribution in [0.25, 0.3) is 0 Å². The van der Waals surface area contributed by atoms with Gasteiger partial charge in [0.2, 0.25) is 5.91 Å². The second-order valence-electron chi connectivity index (χ2n) is 6.47. The van der Waals surface area contributed by atoms with Gasteiger partial charge in [-0.25, -0.2) is 9.78 Å². The molecule has 3 rings (SSSR count). The Bertz CT molecular complexity index is 633. The van der Waals surface area contributed by atoms with Crippen molar-refractivity contribution in [3.05, 3.63) is 18.7 Å². The second-order valence-corrected chi connectivity index (χ2v) is 6.47. The summed E-state index contributed by atoms with van der Waals surface area (Å²) >= 11 is 0. The molecule has 0 aromatic carbocycles. The van der Waals surface area contributed by atoms with Crippen molar-refractivity contribution >= 4 is 41.9 Å². The first-order valence-corrected chi connectivity index (χ1v) is 8.61. The van der Waals surface area contributed by atoms with Crippen LogP contribution in [0, 0.1) is 5.92 Å². The zero-order chi connectivity index (χ0) is 17.8. The summed E-state index contributed by atoms with van der Waals surface area (Å²) in [6.07, 6.45) is 6.73. The highest BCUT2D eigenvalue weighted by Crippen LogP contribution is 2.27. The van der Waals surface area contributed by atoms with E-state index in [9.17, 15) is 9.59 Å². The van der Waals surface area contributed by atoms with Gasteiger partial charge in [-0.15, -0.1) is 24.0 Å². The second kappa shape index (κ2) is 9.19. The molecule has 0 bridgehead atoms. The number of piperidine rings is 1. The van der Waals surface area contributed by atoms with E-state index in [2.05, 4.69) is 37.0 Å². The number of hydrogen-bond acceptors (Lipinski definition) is 4. The van der Waals surface area contributed by atoms with Crippen LogP contribution in [0.3, 0.4) is 0 Å². The van der Waals surface area contributed by atoms with Gasteiger partial charge in [0.25, 0.3) is 0 Å². The highest BCUT2D eigenvalue weighted by Gasteiger charge is 2.30. The molecule has 26 heavy (non-hydrogen) atoms. The van der Waals surface area contributed by atoms with Gasteiger partial charge < -0.3 is 20.1 Å². The minimum Gasteiger partial charge on any atom is -0.354 e. The molecule has 0 aliphatic carbocycles. The number of likely N-dealkylation sites (tertiary alicyclic amines) is 1. The minimum atomic E-state index is -0.325. The summed E-state index contributed by atoms with van der Waals surface area (Å²) in [5, 5.41) is 5.79. The predicted octanol–water partition coefficient (Wildman–Crippen LogP) is 0.511. The molecule has 2 atom stereocenters. The summed E-state index contributed by atoms with van der Waals surface area (Å²) in [5.74, 6) is 1.17. The number of aromatic nitrogens is 2. The molecule has 3 heterocycles. The van der Waals surface area contributed by atoms with Gasteiger partial charge in [-0.1, -0.05) is 6.92 Å². The molecule has 3 amide bonds. The number of carbonyl (C=O) groups excluding carboxylic acids is 2. The fraction of sp³-hybridized carbons (Fsp3) is 0.625. The van der Waals surface area contributed by atoms with Crippen molar-refractivity contribution in [2.45, 2.75) is 19.4 Å². The number of imide groups is 1. The maximum Gasteiger partial charge on any atom is 0.324 e. The van der Waals surface area contributed by atoms with Crippen molar-refractivity contribution in [3.8, 4) is 0 Å². The predicted molar refractivity (Wildman–Crippen MR) is 109 cm³/mol. The summed E-state index contributed by atoms with van der Waals surface area (Å²) in [6.45, 7) is 4.93. The lowest BCUT2D eigenvalue weighted by Gasteiger charge is -2.39. The number of imidazole rings is 1. The van der Waals surface area contributed by atoms with E-state index in [1.165, 1.54) is 4.90 Å². The zero-order valence-electron chi connectivity index (χ0n) is 15.1. The van der Waals surface area contributed by atoms with E-state index in [0.717, 1.165) is 25.5 Å². The van der Waals surface area contributed by atoms with Crippen LogP contribution in [0.2, 0.25) is 0 Å². The number of aliphatic imine (C=N–C) groups is 1. The van der Waals surface area contributed by atoms with Crippen LogP contribution in [0.4, 0.5) is 4.79 Å². The van der Waals surface area contributed by atoms with Crippen molar-refractivity contribution in [1.29, 1.82) is 0 Å². The van der Waals surface area contributed by atoms with Crippen LogP contribution in [0.15, 0.2) is 23.7 Å². The Kier molecular flexibility index (Phi) is 7.23. The van der Waals surface area contributed by atoms with Crippen molar-refractivity contribution in [2.24, 2.45) is 10.9 Å². The number of amides is 3. The van der Waals surface area contributed by atoms with Gasteiger partial charge in [-0.05, 0) is 12.3 Å². The van der Waals surface area contributed by atoms with Gasteiger partial charge in [-0.3, -0.25) is 14.7 Å². The van der Waals surface area contributed by atoms with Crippen LogP contribution >= 0.6 is 24.0 Å². The Morgan fingerprint density at radius 3 is 2.88 bits per heavy atom. The minimum absolute atomic E-state index is 0.